The molecule has 4 nitrogen and oxygen atoms in total. The highest BCUT2D eigenvalue weighted by Crippen LogP contribution is 2.31. The van der Waals surface area contributed by atoms with Crippen molar-refractivity contribution in [1.82, 2.24) is 4.90 Å². The monoisotopic (exact) mass is 225 g/mol. The SMILES string of the molecule is Cc1c(C=O)sc2c1CN(C(=O)O)CC2. The van der Waals surface area contributed by atoms with Gasteiger partial charge in [0.1, 0.15) is 0 Å². The van der Waals surface area contributed by atoms with Gasteiger partial charge >= 0.3 is 6.09 Å². The summed E-state index contributed by atoms with van der Waals surface area (Å²) in [5.41, 5.74) is 1.96. The first-order chi connectivity index (χ1) is 7.13. The van der Waals surface area contributed by atoms with Crippen LogP contribution in [0.3, 0.4) is 0 Å². The number of aldehydes is 1. The summed E-state index contributed by atoms with van der Waals surface area (Å²) in [7, 11) is 0. The molecule has 1 aromatic heterocycles. The second-order valence-corrected chi connectivity index (χ2v) is 4.70. The van der Waals surface area contributed by atoms with Crippen molar-refractivity contribution in [2.45, 2.75) is 19.9 Å². The van der Waals surface area contributed by atoms with E-state index in [0.717, 1.165) is 33.6 Å². The summed E-state index contributed by atoms with van der Waals surface area (Å²) < 4.78 is 0. The Morgan fingerprint density at radius 1 is 1.60 bits per heavy atom. The third-order valence-electron chi connectivity index (χ3n) is 2.73. The fraction of sp³-hybridized carbons (Fsp3) is 0.400. The first-order valence-corrected chi connectivity index (χ1v) is 5.49. The number of carbonyl (C=O) groups excluding carboxylic acids is 1. The third-order valence-corrected chi connectivity index (χ3v) is 4.05. The summed E-state index contributed by atoms with van der Waals surface area (Å²) in [6.07, 6.45) is 0.684. The van der Waals surface area contributed by atoms with Crippen LogP contribution in [0.4, 0.5) is 4.79 Å². The summed E-state index contributed by atoms with van der Waals surface area (Å²) in [5, 5.41) is 8.88. The molecule has 1 aliphatic heterocycles. The van der Waals surface area contributed by atoms with E-state index in [4.69, 9.17) is 5.11 Å². The Morgan fingerprint density at radius 3 is 2.93 bits per heavy atom. The van der Waals surface area contributed by atoms with Crippen molar-refractivity contribution in [3.63, 3.8) is 0 Å². The molecule has 2 rings (SSSR count). The number of nitrogens with zero attached hydrogens (tertiary/aromatic N) is 1. The Kier molecular flexibility index (Phi) is 2.48. The van der Waals surface area contributed by atoms with E-state index < -0.39 is 6.09 Å². The van der Waals surface area contributed by atoms with Crippen LogP contribution in [0.15, 0.2) is 0 Å². The largest absolute Gasteiger partial charge is 0.465 e. The summed E-state index contributed by atoms with van der Waals surface area (Å²) in [4.78, 5) is 24.8. The summed E-state index contributed by atoms with van der Waals surface area (Å²) >= 11 is 1.49. The van der Waals surface area contributed by atoms with Crippen LogP contribution in [0.25, 0.3) is 0 Å². The second-order valence-electron chi connectivity index (χ2n) is 3.57. The Hall–Kier alpha value is -1.36. The number of carbonyl (C=O) groups is 2. The highest BCUT2D eigenvalue weighted by atomic mass is 32.1. The number of rotatable bonds is 1. The van der Waals surface area contributed by atoms with Crippen LogP contribution in [-0.2, 0) is 13.0 Å². The lowest BCUT2D eigenvalue weighted by Crippen LogP contribution is -2.34. The van der Waals surface area contributed by atoms with Crippen molar-refractivity contribution in [3.8, 4) is 0 Å². The minimum atomic E-state index is -0.890. The molecular formula is C10H11NO3S. The first kappa shape index (κ1) is 10.2. The van der Waals surface area contributed by atoms with E-state index in [2.05, 4.69) is 0 Å². The molecular weight excluding hydrogens is 214 g/mol. The third kappa shape index (κ3) is 1.63. The van der Waals surface area contributed by atoms with Gasteiger partial charge in [0.25, 0.3) is 0 Å². The van der Waals surface area contributed by atoms with E-state index in [0.29, 0.717) is 13.1 Å². The number of hydrogen-bond donors (Lipinski definition) is 1. The fourth-order valence-corrected chi connectivity index (χ4v) is 2.94. The molecule has 0 atom stereocenters. The van der Waals surface area contributed by atoms with Crippen LogP contribution in [-0.4, -0.2) is 28.9 Å². The quantitative estimate of drug-likeness (QED) is 0.743. The molecule has 0 saturated carbocycles. The van der Waals surface area contributed by atoms with Gasteiger partial charge in [-0.1, -0.05) is 0 Å². The van der Waals surface area contributed by atoms with Gasteiger partial charge in [-0.15, -0.1) is 11.3 Å². The van der Waals surface area contributed by atoms with E-state index in [1.807, 2.05) is 6.92 Å². The molecule has 1 aromatic rings. The van der Waals surface area contributed by atoms with Crippen molar-refractivity contribution in [2.24, 2.45) is 0 Å². The molecule has 0 radical (unpaired) electrons. The molecule has 0 aromatic carbocycles. The molecule has 0 aliphatic carbocycles. The molecule has 1 amide bonds. The highest BCUT2D eigenvalue weighted by Gasteiger charge is 2.24. The van der Waals surface area contributed by atoms with E-state index in [9.17, 15) is 9.59 Å². The summed E-state index contributed by atoms with van der Waals surface area (Å²) in [6, 6.07) is 0. The molecule has 0 unspecified atom stereocenters. The topological polar surface area (TPSA) is 57.6 Å². The van der Waals surface area contributed by atoms with Crippen molar-refractivity contribution in [1.29, 1.82) is 0 Å². The van der Waals surface area contributed by atoms with Gasteiger partial charge in [-0.3, -0.25) is 4.79 Å². The van der Waals surface area contributed by atoms with Gasteiger partial charge in [0.05, 0.1) is 11.4 Å². The molecule has 0 spiro atoms. The van der Waals surface area contributed by atoms with E-state index in [1.165, 1.54) is 16.2 Å². The molecule has 0 bridgehead atoms. The van der Waals surface area contributed by atoms with Crippen molar-refractivity contribution < 1.29 is 14.7 Å². The average Bonchev–Trinajstić information content (AvgIpc) is 2.55. The molecule has 5 heteroatoms. The van der Waals surface area contributed by atoms with Crippen LogP contribution >= 0.6 is 11.3 Å². The lowest BCUT2D eigenvalue weighted by molar-refractivity contribution is 0.112. The van der Waals surface area contributed by atoms with Crippen molar-refractivity contribution >= 4 is 23.7 Å². The molecule has 1 aliphatic rings. The zero-order valence-corrected chi connectivity index (χ0v) is 9.13. The van der Waals surface area contributed by atoms with E-state index >= 15 is 0 Å². The molecule has 0 saturated heterocycles. The van der Waals surface area contributed by atoms with E-state index in [-0.39, 0.29) is 0 Å². The number of amides is 1. The Labute approximate surface area is 91.1 Å². The minimum absolute atomic E-state index is 0.418. The standard InChI is InChI=1S/C10H11NO3S/c1-6-7-4-11(10(13)14)3-2-8(7)15-9(6)5-12/h5H,2-4H2,1H3,(H,13,14). The number of thiophene rings is 1. The van der Waals surface area contributed by atoms with Crippen molar-refractivity contribution in [2.75, 3.05) is 6.54 Å². The van der Waals surface area contributed by atoms with Gasteiger partial charge in [0.2, 0.25) is 0 Å². The molecule has 2 heterocycles. The molecule has 80 valence electrons. The van der Waals surface area contributed by atoms with E-state index in [1.54, 1.807) is 0 Å². The molecule has 1 N–H and O–H groups in total. The number of carboxylic acid groups (broad SMARTS) is 1. The number of fused-ring (bicyclic) bond motifs is 1. The smallest absolute Gasteiger partial charge is 0.407 e. The summed E-state index contributed by atoms with van der Waals surface area (Å²) in [5.74, 6) is 0. The predicted octanol–water partition coefficient (Wildman–Crippen LogP) is 1.91. The minimum Gasteiger partial charge on any atom is -0.465 e. The Morgan fingerprint density at radius 2 is 2.33 bits per heavy atom. The normalized spacial score (nSPS) is 14.9. The summed E-state index contributed by atoms with van der Waals surface area (Å²) in [6.45, 7) is 2.83. The van der Waals surface area contributed by atoms with Crippen LogP contribution in [0.5, 0.6) is 0 Å². The van der Waals surface area contributed by atoms with Gasteiger partial charge in [-0.05, 0) is 24.5 Å². The van der Waals surface area contributed by atoms with Crippen LogP contribution < -0.4 is 0 Å². The lowest BCUT2D eigenvalue weighted by atomic mass is 10.0. The Bertz CT molecular complexity index is 425. The fourth-order valence-electron chi connectivity index (χ4n) is 1.82. The van der Waals surface area contributed by atoms with Crippen molar-refractivity contribution in [3.05, 3.63) is 20.9 Å². The zero-order valence-electron chi connectivity index (χ0n) is 8.32. The van der Waals surface area contributed by atoms with Gasteiger partial charge in [-0.25, -0.2) is 4.79 Å². The maximum Gasteiger partial charge on any atom is 0.407 e. The molecule has 15 heavy (non-hydrogen) atoms. The van der Waals surface area contributed by atoms with Gasteiger partial charge in [0.15, 0.2) is 6.29 Å². The van der Waals surface area contributed by atoms with Gasteiger partial charge in [-0.2, -0.15) is 0 Å². The zero-order chi connectivity index (χ0) is 11.0. The molecule has 0 fully saturated rings. The first-order valence-electron chi connectivity index (χ1n) is 4.67. The van der Waals surface area contributed by atoms with Crippen LogP contribution in [0.2, 0.25) is 0 Å². The second kappa shape index (κ2) is 3.66. The van der Waals surface area contributed by atoms with Crippen LogP contribution in [0, 0.1) is 6.92 Å². The Balaban J connectivity index is 2.36. The van der Waals surface area contributed by atoms with Gasteiger partial charge < -0.3 is 10.0 Å². The highest BCUT2D eigenvalue weighted by molar-refractivity contribution is 7.14. The van der Waals surface area contributed by atoms with Gasteiger partial charge in [0, 0.05) is 11.4 Å². The average molecular weight is 225 g/mol. The predicted molar refractivity (Wildman–Crippen MR) is 56.6 cm³/mol. The maximum atomic E-state index is 10.8. The maximum absolute atomic E-state index is 10.8. The van der Waals surface area contributed by atoms with Crippen LogP contribution in [0.1, 0.15) is 25.7 Å². The number of hydrogen-bond acceptors (Lipinski definition) is 3. The lowest BCUT2D eigenvalue weighted by Gasteiger charge is -2.24.